The summed E-state index contributed by atoms with van der Waals surface area (Å²) in [5, 5.41) is 0. The number of hydrogen-bond donors (Lipinski definition) is 1. The van der Waals surface area contributed by atoms with Gasteiger partial charge in [0.2, 0.25) is 0 Å². The first-order valence-corrected chi connectivity index (χ1v) is 6.72. The molecule has 0 spiro atoms. The Morgan fingerprint density at radius 3 is 2.61 bits per heavy atom. The second-order valence-electron chi connectivity index (χ2n) is 4.31. The van der Waals surface area contributed by atoms with Gasteiger partial charge in [-0.25, -0.2) is 0 Å². The Morgan fingerprint density at radius 1 is 1.22 bits per heavy atom. The van der Waals surface area contributed by atoms with Crippen molar-refractivity contribution in [1.82, 2.24) is 4.57 Å². The Bertz CT molecular complexity index is 616. The standard InChI is InChI=1S/C15H17NOS/c1-3-12-6-4-5-7-14(12)16-9-13(10-18)15(17)8-11(16)2/h4-9,18H,3,10H2,1-2H3. The lowest BCUT2D eigenvalue weighted by Gasteiger charge is -2.15. The zero-order valence-corrected chi connectivity index (χ0v) is 11.6. The van der Waals surface area contributed by atoms with Crippen molar-refractivity contribution in [3.8, 4) is 5.69 Å². The van der Waals surface area contributed by atoms with Gasteiger partial charge in [0.25, 0.3) is 0 Å². The van der Waals surface area contributed by atoms with Crippen LogP contribution < -0.4 is 5.43 Å². The molecule has 2 rings (SSSR count). The average Bonchev–Trinajstić information content (AvgIpc) is 2.39. The first-order valence-electron chi connectivity index (χ1n) is 6.08. The number of aryl methyl sites for hydroxylation is 2. The zero-order valence-electron chi connectivity index (χ0n) is 10.7. The number of rotatable bonds is 3. The van der Waals surface area contributed by atoms with E-state index in [0.717, 1.165) is 23.4 Å². The molecule has 2 aromatic rings. The van der Waals surface area contributed by atoms with Crippen molar-refractivity contribution in [2.24, 2.45) is 0 Å². The SMILES string of the molecule is CCc1ccccc1-n1cc(CS)c(=O)cc1C. The van der Waals surface area contributed by atoms with Crippen molar-refractivity contribution >= 4 is 12.6 Å². The molecule has 0 aliphatic carbocycles. The first-order chi connectivity index (χ1) is 8.67. The van der Waals surface area contributed by atoms with E-state index >= 15 is 0 Å². The number of nitrogens with zero attached hydrogens (tertiary/aromatic N) is 1. The lowest BCUT2D eigenvalue weighted by atomic mass is 10.1. The lowest BCUT2D eigenvalue weighted by Crippen LogP contribution is -2.13. The average molecular weight is 259 g/mol. The van der Waals surface area contributed by atoms with Gasteiger partial charge in [0.15, 0.2) is 5.43 Å². The van der Waals surface area contributed by atoms with Crippen LogP contribution >= 0.6 is 12.6 Å². The van der Waals surface area contributed by atoms with E-state index in [1.807, 2.05) is 25.3 Å². The molecule has 1 aromatic carbocycles. The van der Waals surface area contributed by atoms with Gasteiger partial charge < -0.3 is 4.57 Å². The van der Waals surface area contributed by atoms with Crippen molar-refractivity contribution in [2.75, 3.05) is 0 Å². The monoisotopic (exact) mass is 259 g/mol. The Hall–Kier alpha value is -1.48. The summed E-state index contributed by atoms with van der Waals surface area (Å²) in [5.41, 5.74) is 4.16. The van der Waals surface area contributed by atoms with Crippen LogP contribution in [0.5, 0.6) is 0 Å². The van der Waals surface area contributed by atoms with E-state index in [9.17, 15) is 4.79 Å². The molecular weight excluding hydrogens is 242 g/mol. The van der Waals surface area contributed by atoms with Crippen LogP contribution in [0, 0.1) is 6.92 Å². The van der Waals surface area contributed by atoms with Gasteiger partial charge >= 0.3 is 0 Å². The van der Waals surface area contributed by atoms with E-state index in [2.05, 4.69) is 36.3 Å². The molecule has 3 heteroatoms. The Morgan fingerprint density at radius 2 is 1.94 bits per heavy atom. The van der Waals surface area contributed by atoms with Gasteiger partial charge in [-0.05, 0) is 25.0 Å². The van der Waals surface area contributed by atoms with Crippen LogP contribution in [-0.2, 0) is 12.2 Å². The maximum atomic E-state index is 11.7. The molecule has 18 heavy (non-hydrogen) atoms. The van der Waals surface area contributed by atoms with Crippen molar-refractivity contribution in [2.45, 2.75) is 26.0 Å². The van der Waals surface area contributed by atoms with Gasteiger partial charge in [0.1, 0.15) is 0 Å². The number of aromatic nitrogens is 1. The van der Waals surface area contributed by atoms with Crippen LogP contribution in [0.4, 0.5) is 0 Å². The smallest absolute Gasteiger partial charge is 0.185 e. The van der Waals surface area contributed by atoms with E-state index in [4.69, 9.17) is 0 Å². The van der Waals surface area contributed by atoms with Crippen molar-refractivity contribution in [1.29, 1.82) is 0 Å². The third kappa shape index (κ3) is 2.36. The summed E-state index contributed by atoms with van der Waals surface area (Å²) in [6.45, 7) is 4.09. The highest BCUT2D eigenvalue weighted by molar-refractivity contribution is 7.79. The van der Waals surface area contributed by atoms with Gasteiger partial charge in [-0.3, -0.25) is 4.79 Å². The molecule has 0 aliphatic rings. The van der Waals surface area contributed by atoms with Gasteiger partial charge in [0.05, 0.1) is 0 Å². The van der Waals surface area contributed by atoms with Crippen molar-refractivity contribution in [3.05, 3.63) is 63.6 Å². The minimum absolute atomic E-state index is 0.0627. The summed E-state index contributed by atoms with van der Waals surface area (Å²) in [4.78, 5) is 11.7. The maximum absolute atomic E-state index is 11.7. The summed E-state index contributed by atoms with van der Waals surface area (Å²) < 4.78 is 2.08. The molecule has 0 fully saturated rings. The molecule has 0 bridgehead atoms. The number of pyridine rings is 1. The van der Waals surface area contributed by atoms with E-state index in [0.29, 0.717) is 5.75 Å². The number of para-hydroxylation sites is 1. The van der Waals surface area contributed by atoms with Gasteiger partial charge in [-0.2, -0.15) is 12.6 Å². The molecule has 0 N–H and O–H groups in total. The maximum Gasteiger partial charge on any atom is 0.185 e. The van der Waals surface area contributed by atoms with Crippen LogP contribution in [0.25, 0.3) is 5.69 Å². The summed E-state index contributed by atoms with van der Waals surface area (Å²) in [7, 11) is 0. The number of thiol groups is 1. The molecular formula is C15H17NOS. The van der Waals surface area contributed by atoms with E-state index in [-0.39, 0.29) is 5.43 Å². The Balaban J connectivity index is 2.67. The van der Waals surface area contributed by atoms with Crippen LogP contribution in [0.1, 0.15) is 23.7 Å². The Labute approximate surface area is 113 Å². The molecule has 0 amide bonds. The molecule has 0 aliphatic heterocycles. The summed E-state index contributed by atoms with van der Waals surface area (Å²) in [5.74, 6) is 0.466. The van der Waals surface area contributed by atoms with Crippen LogP contribution in [-0.4, -0.2) is 4.57 Å². The fraction of sp³-hybridized carbons (Fsp3) is 0.267. The predicted octanol–water partition coefficient (Wildman–Crippen LogP) is 3.14. The molecule has 1 aromatic heterocycles. The number of benzene rings is 1. The molecule has 0 saturated carbocycles. The highest BCUT2D eigenvalue weighted by atomic mass is 32.1. The molecule has 0 radical (unpaired) electrons. The van der Waals surface area contributed by atoms with Crippen LogP contribution in [0.15, 0.2) is 41.3 Å². The van der Waals surface area contributed by atoms with E-state index in [1.54, 1.807) is 6.07 Å². The fourth-order valence-corrected chi connectivity index (χ4v) is 2.33. The molecule has 0 atom stereocenters. The molecule has 94 valence electrons. The normalized spacial score (nSPS) is 10.6. The minimum Gasteiger partial charge on any atom is -0.320 e. The second kappa shape index (κ2) is 5.44. The second-order valence-corrected chi connectivity index (χ2v) is 4.63. The first kappa shape index (κ1) is 13.0. The van der Waals surface area contributed by atoms with Crippen LogP contribution in [0.2, 0.25) is 0 Å². The highest BCUT2D eigenvalue weighted by Crippen LogP contribution is 2.17. The minimum atomic E-state index is 0.0627. The molecule has 2 nitrogen and oxygen atoms in total. The van der Waals surface area contributed by atoms with Crippen molar-refractivity contribution < 1.29 is 0 Å². The van der Waals surface area contributed by atoms with E-state index in [1.165, 1.54) is 5.56 Å². The molecule has 0 saturated heterocycles. The fourth-order valence-electron chi connectivity index (χ4n) is 2.10. The molecule has 0 unspecified atom stereocenters. The lowest BCUT2D eigenvalue weighted by molar-refractivity contribution is 0.931. The van der Waals surface area contributed by atoms with Crippen LogP contribution in [0.3, 0.4) is 0 Å². The van der Waals surface area contributed by atoms with E-state index < -0.39 is 0 Å². The predicted molar refractivity (Wildman–Crippen MR) is 78.8 cm³/mol. The third-order valence-corrected chi connectivity index (χ3v) is 3.46. The molecule has 1 heterocycles. The summed E-state index contributed by atoms with van der Waals surface area (Å²) in [6, 6.07) is 9.94. The highest BCUT2D eigenvalue weighted by Gasteiger charge is 2.07. The quantitative estimate of drug-likeness (QED) is 0.840. The zero-order chi connectivity index (χ0) is 13.1. The van der Waals surface area contributed by atoms with Crippen molar-refractivity contribution in [3.63, 3.8) is 0 Å². The van der Waals surface area contributed by atoms with Gasteiger partial charge in [0, 0.05) is 35.0 Å². The Kier molecular flexibility index (Phi) is 3.92. The largest absolute Gasteiger partial charge is 0.320 e. The summed E-state index contributed by atoms with van der Waals surface area (Å²) in [6.07, 6.45) is 2.87. The van der Waals surface area contributed by atoms with Gasteiger partial charge in [-0.15, -0.1) is 0 Å². The van der Waals surface area contributed by atoms with Gasteiger partial charge in [-0.1, -0.05) is 25.1 Å². The number of hydrogen-bond acceptors (Lipinski definition) is 2. The summed E-state index contributed by atoms with van der Waals surface area (Å²) >= 11 is 4.21. The topological polar surface area (TPSA) is 22.0 Å². The third-order valence-electron chi connectivity index (χ3n) is 3.12.